The first-order valence-electron chi connectivity index (χ1n) is 11.9. The monoisotopic (exact) mass is 463 g/mol. The summed E-state index contributed by atoms with van der Waals surface area (Å²) in [4.78, 5) is 27.9. The van der Waals surface area contributed by atoms with Crippen molar-refractivity contribution in [3.63, 3.8) is 0 Å². The van der Waals surface area contributed by atoms with Gasteiger partial charge in [-0.25, -0.2) is 9.59 Å². The number of piperidine rings is 1. The second-order valence-corrected chi connectivity index (χ2v) is 8.83. The predicted molar refractivity (Wildman–Crippen MR) is 130 cm³/mol. The van der Waals surface area contributed by atoms with Gasteiger partial charge in [-0.05, 0) is 68.5 Å². The minimum atomic E-state index is -0.579. The molecule has 180 valence electrons. The van der Waals surface area contributed by atoms with Gasteiger partial charge >= 0.3 is 12.0 Å². The summed E-state index contributed by atoms with van der Waals surface area (Å²) in [6, 6.07) is 17.1. The molecule has 1 atom stereocenters. The van der Waals surface area contributed by atoms with Gasteiger partial charge in [0.2, 0.25) is 0 Å². The third kappa shape index (κ3) is 5.78. The summed E-state index contributed by atoms with van der Waals surface area (Å²) >= 11 is 0. The van der Waals surface area contributed by atoms with Crippen LogP contribution in [0.4, 0.5) is 4.79 Å². The van der Waals surface area contributed by atoms with E-state index in [9.17, 15) is 9.59 Å². The summed E-state index contributed by atoms with van der Waals surface area (Å²) in [6.45, 7) is 4.41. The Morgan fingerprint density at radius 2 is 1.76 bits per heavy atom. The number of benzene rings is 2. The fraction of sp³-hybridized carbons (Fsp3) is 0.407. The number of nitrogens with zero attached hydrogens (tertiary/aromatic N) is 1. The maximum absolute atomic E-state index is 13.0. The van der Waals surface area contributed by atoms with Crippen molar-refractivity contribution >= 4 is 12.0 Å². The molecule has 0 radical (unpaired) electrons. The summed E-state index contributed by atoms with van der Waals surface area (Å²) in [6.07, 6.45) is 3.27. The van der Waals surface area contributed by atoms with Crippen LogP contribution in [0, 0.1) is 5.92 Å². The molecule has 7 nitrogen and oxygen atoms in total. The second-order valence-electron chi connectivity index (χ2n) is 8.83. The van der Waals surface area contributed by atoms with Crippen LogP contribution in [0.25, 0.3) is 0 Å². The van der Waals surface area contributed by atoms with Crippen LogP contribution in [0.1, 0.15) is 36.9 Å². The fourth-order valence-corrected chi connectivity index (χ4v) is 4.76. The van der Waals surface area contributed by atoms with E-state index >= 15 is 0 Å². The third-order valence-corrected chi connectivity index (χ3v) is 6.55. The average Bonchev–Trinajstić information content (AvgIpc) is 2.86. The first-order valence-corrected chi connectivity index (χ1v) is 11.9. The van der Waals surface area contributed by atoms with E-state index in [1.54, 1.807) is 14.0 Å². The molecule has 2 aromatic carbocycles. The zero-order valence-electron chi connectivity index (χ0n) is 19.9. The van der Waals surface area contributed by atoms with E-state index in [4.69, 9.17) is 9.47 Å². The quantitative estimate of drug-likeness (QED) is 0.582. The van der Waals surface area contributed by atoms with Crippen LogP contribution in [0.2, 0.25) is 0 Å². The van der Waals surface area contributed by atoms with E-state index in [1.165, 1.54) is 5.56 Å². The molecule has 2 aliphatic heterocycles. The molecule has 0 aliphatic carbocycles. The van der Waals surface area contributed by atoms with Crippen molar-refractivity contribution in [3.05, 3.63) is 77.0 Å². The molecule has 0 bridgehead atoms. The minimum absolute atomic E-state index is 0.268. The number of hydrogen-bond acceptors (Lipinski definition) is 5. The molecule has 0 unspecified atom stereocenters. The standard InChI is InChI=1S/C27H33N3O4/c1-3-34-26(31)24-23(28-27(32)29-25(24)21-9-11-22(33-2)12-10-21)18-30-15-13-20(14-16-30)17-19-7-5-4-6-8-19/h4-12,20,25H,3,13-18H2,1-2H3,(H2,28,29,32)/t25-/m0/s1. The number of esters is 1. The van der Waals surface area contributed by atoms with E-state index in [-0.39, 0.29) is 12.6 Å². The largest absolute Gasteiger partial charge is 0.497 e. The second kappa shape index (κ2) is 11.2. The lowest BCUT2D eigenvalue weighted by molar-refractivity contribution is -0.139. The molecule has 7 heteroatoms. The van der Waals surface area contributed by atoms with E-state index in [0.29, 0.717) is 29.5 Å². The van der Waals surface area contributed by atoms with Crippen molar-refractivity contribution in [1.29, 1.82) is 0 Å². The molecule has 1 saturated heterocycles. The van der Waals surface area contributed by atoms with Gasteiger partial charge in [0.25, 0.3) is 0 Å². The third-order valence-electron chi connectivity index (χ3n) is 6.55. The number of carbonyl (C=O) groups excluding carboxylic acids is 2. The van der Waals surface area contributed by atoms with Crippen LogP contribution >= 0.6 is 0 Å². The summed E-state index contributed by atoms with van der Waals surface area (Å²) in [5, 5.41) is 5.78. The lowest BCUT2D eigenvalue weighted by Crippen LogP contribution is -2.49. The van der Waals surface area contributed by atoms with Crippen LogP contribution < -0.4 is 15.4 Å². The molecule has 2 N–H and O–H groups in total. The van der Waals surface area contributed by atoms with Gasteiger partial charge in [-0.2, -0.15) is 0 Å². The smallest absolute Gasteiger partial charge is 0.338 e. The van der Waals surface area contributed by atoms with Gasteiger partial charge in [0, 0.05) is 12.2 Å². The molecule has 2 heterocycles. The van der Waals surface area contributed by atoms with Crippen LogP contribution in [-0.2, 0) is 16.0 Å². The molecule has 34 heavy (non-hydrogen) atoms. The van der Waals surface area contributed by atoms with Crippen molar-refractivity contribution in [2.24, 2.45) is 5.92 Å². The van der Waals surface area contributed by atoms with Gasteiger partial charge in [0.15, 0.2) is 0 Å². The Morgan fingerprint density at radius 3 is 2.41 bits per heavy atom. The van der Waals surface area contributed by atoms with Gasteiger partial charge < -0.3 is 20.1 Å². The topological polar surface area (TPSA) is 79.9 Å². The normalized spacial score (nSPS) is 19.4. The van der Waals surface area contributed by atoms with E-state index in [0.717, 1.165) is 37.9 Å². The van der Waals surface area contributed by atoms with E-state index in [2.05, 4.69) is 39.8 Å². The first-order chi connectivity index (χ1) is 16.6. The SMILES string of the molecule is CCOC(=O)C1=C(CN2CCC(Cc3ccccc3)CC2)NC(=O)N[C@H]1c1ccc(OC)cc1. The maximum atomic E-state index is 13.0. The number of rotatable bonds is 8. The fourth-order valence-electron chi connectivity index (χ4n) is 4.76. The Kier molecular flexibility index (Phi) is 7.85. The molecular weight excluding hydrogens is 430 g/mol. The molecule has 2 aliphatic rings. The Morgan fingerprint density at radius 1 is 1.06 bits per heavy atom. The van der Waals surface area contributed by atoms with Gasteiger partial charge in [0.05, 0.1) is 25.3 Å². The predicted octanol–water partition coefficient (Wildman–Crippen LogP) is 3.82. The summed E-state index contributed by atoms with van der Waals surface area (Å²) in [5.41, 5.74) is 3.25. The minimum Gasteiger partial charge on any atom is -0.497 e. The van der Waals surface area contributed by atoms with Gasteiger partial charge in [-0.1, -0.05) is 42.5 Å². The van der Waals surface area contributed by atoms with Crippen molar-refractivity contribution in [3.8, 4) is 5.75 Å². The number of nitrogens with one attached hydrogen (secondary N) is 2. The van der Waals surface area contributed by atoms with E-state index in [1.807, 2.05) is 30.3 Å². The number of methoxy groups -OCH3 is 1. The molecule has 0 aromatic heterocycles. The Balaban J connectivity index is 1.51. The molecule has 0 saturated carbocycles. The van der Waals surface area contributed by atoms with Crippen LogP contribution in [-0.4, -0.2) is 50.3 Å². The van der Waals surface area contributed by atoms with Crippen LogP contribution in [0.15, 0.2) is 65.9 Å². The van der Waals surface area contributed by atoms with Crippen molar-refractivity contribution in [2.45, 2.75) is 32.2 Å². The first kappa shape index (κ1) is 23.8. The number of carbonyl (C=O) groups is 2. The van der Waals surface area contributed by atoms with Crippen LogP contribution in [0.3, 0.4) is 0 Å². The Hall–Kier alpha value is -3.32. The van der Waals surface area contributed by atoms with E-state index < -0.39 is 12.0 Å². The van der Waals surface area contributed by atoms with Crippen molar-refractivity contribution in [2.75, 3.05) is 33.4 Å². The summed E-state index contributed by atoms with van der Waals surface area (Å²) in [7, 11) is 1.60. The maximum Gasteiger partial charge on any atom is 0.338 e. The van der Waals surface area contributed by atoms with Gasteiger partial charge in [-0.3, -0.25) is 4.90 Å². The molecule has 2 amide bonds. The van der Waals surface area contributed by atoms with Gasteiger partial charge in [0.1, 0.15) is 5.75 Å². The molecule has 2 aromatic rings. The zero-order valence-corrected chi connectivity index (χ0v) is 19.9. The number of ether oxygens (including phenoxy) is 2. The highest BCUT2D eigenvalue weighted by atomic mass is 16.5. The highest BCUT2D eigenvalue weighted by Gasteiger charge is 2.34. The lowest BCUT2D eigenvalue weighted by Gasteiger charge is -2.35. The number of amides is 2. The molecule has 0 spiro atoms. The van der Waals surface area contributed by atoms with Crippen molar-refractivity contribution < 1.29 is 19.1 Å². The van der Waals surface area contributed by atoms with Crippen LogP contribution in [0.5, 0.6) is 5.75 Å². The highest BCUT2D eigenvalue weighted by molar-refractivity contribution is 5.95. The Bertz CT molecular complexity index is 1010. The molecule has 1 fully saturated rings. The average molecular weight is 464 g/mol. The number of urea groups is 1. The number of likely N-dealkylation sites (tertiary alicyclic amines) is 1. The number of hydrogen-bond donors (Lipinski definition) is 2. The Labute approximate surface area is 201 Å². The summed E-state index contributed by atoms with van der Waals surface area (Å²) < 4.78 is 10.6. The van der Waals surface area contributed by atoms with Gasteiger partial charge in [-0.15, -0.1) is 0 Å². The highest BCUT2D eigenvalue weighted by Crippen LogP contribution is 2.30. The van der Waals surface area contributed by atoms with Crippen molar-refractivity contribution in [1.82, 2.24) is 15.5 Å². The summed E-state index contributed by atoms with van der Waals surface area (Å²) in [5.74, 6) is 0.945. The molecule has 4 rings (SSSR count). The zero-order chi connectivity index (χ0) is 23.9. The lowest BCUT2D eigenvalue weighted by atomic mass is 9.89. The molecular formula is C27H33N3O4.